The fraction of sp³-hybridized carbons (Fsp3) is 0.250. The number of hydrogen-bond acceptors (Lipinski definition) is 5. The molecule has 1 aliphatic heterocycles. The Morgan fingerprint density at radius 1 is 1.25 bits per heavy atom. The molecule has 0 unspecified atom stereocenters. The summed E-state index contributed by atoms with van der Waals surface area (Å²) in [5.74, 6) is 0.416. The van der Waals surface area contributed by atoms with Crippen LogP contribution >= 0.6 is 27.7 Å². The van der Waals surface area contributed by atoms with Gasteiger partial charge in [-0.05, 0) is 55.5 Å². The monoisotopic (exact) mass is 461 g/mol. The minimum absolute atomic E-state index is 0.107. The van der Waals surface area contributed by atoms with Gasteiger partial charge in [0.25, 0.3) is 0 Å². The predicted molar refractivity (Wildman–Crippen MR) is 116 cm³/mol. The summed E-state index contributed by atoms with van der Waals surface area (Å²) in [5, 5.41) is 2.86. The molecule has 1 aliphatic rings. The largest absolute Gasteiger partial charge is 0.497 e. The molecule has 1 fully saturated rings. The standard InChI is InChI=1S/C20H20BrN3O3S/c1-3-24-18(25)12-17(19(26)22-14-6-4-13(21)5-7-14)28-20(24)23-15-8-10-16(27-2)11-9-15/h4-11,17H,3,12H2,1-2H3,(H,22,26)/t17-/m0/s1. The van der Waals surface area contributed by atoms with Gasteiger partial charge in [0.1, 0.15) is 11.0 Å². The normalized spacial score (nSPS) is 18.2. The van der Waals surface area contributed by atoms with Crippen molar-refractivity contribution < 1.29 is 14.3 Å². The van der Waals surface area contributed by atoms with Gasteiger partial charge in [-0.2, -0.15) is 0 Å². The van der Waals surface area contributed by atoms with Crippen LogP contribution in [0.3, 0.4) is 0 Å². The maximum absolute atomic E-state index is 12.7. The second kappa shape index (κ2) is 9.25. The lowest BCUT2D eigenvalue weighted by Gasteiger charge is -2.30. The molecule has 146 valence electrons. The summed E-state index contributed by atoms with van der Waals surface area (Å²) in [6, 6.07) is 14.6. The number of amides is 2. The van der Waals surface area contributed by atoms with E-state index in [2.05, 4.69) is 26.2 Å². The third-order valence-electron chi connectivity index (χ3n) is 4.16. The molecule has 28 heavy (non-hydrogen) atoms. The Bertz CT molecular complexity index is 885. The van der Waals surface area contributed by atoms with Crippen molar-refractivity contribution in [3.8, 4) is 5.75 Å². The SMILES string of the molecule is CCN1C(=O)C[C@@H](C(=O)Nc2ccc(Br)cc2)SC1=Nc1ccc(OC)cc1. The van der Waals surface area contributed by atoms with Crippen LogP contribution in [0, 0.1) is 0 Å². The Hall–Kier alpha value is -2.32. The van der Waals surface area contributed by atoms with Crippen LogP contribution in [-0.4, -0.2) is 40.8 Å². The first-order chi connectivity index (χ1) is 13.5. The molecular weight excluding hydrogens is 442 g/mol. The minimum Gasteiger partial charge on any atom is -0.497 e. The summed E-state index contributed by atoms with van der Waals surface area (Å²) in [4.78, 5) is 31.5. The average Bonchev–Trinajstić information content (AvgIpc) is 2.70. The number of amidine groups is 1. The molecule has 0 aliphatic carbocycles. The number of hydrogen-bond donors (Lipinski definition) is 1. The Morgan fingerprint density at radius 3 is 2.54 bits per heavy atom. The molecule has 8 heteroatoms. The number of thioether (sulfide) groups is 1. The Labute approximate surface area is 176 Å². The number of methoxy groups -OCH3 is 1. The topological polar surface area (TPSA) is 71.0 Å². The summed E-state index contributed by atoms with van der Waals surface area (Å²) in [6.07, 6.45) is 0.141. The average molecular weight is 462 g/mol. The third-order valence-corrected chi connectivity index (χ3v) is 5.87. The zero-order valence-electron chi connectivity index (χ0n) is 15.5. The molecule has 1 heterocycles. The molecule has 0 saturated carbocycles. The number of anilines is 1. The van der Waals surface area contributed by atoms with E-state index in [0.717, 1.165) is 10.2 Å². The number of halogens is 1. The van der Waals surface area contributed by atoms with Crippen LogP contribution in [0.4, 0.5) is 11.4 Å². The number of aliphatic imine (C=N–C) groups is 1. The third kappa shape index (κ3) is 4.94. The van der Waals surface area contributed by atoms with Crippen molar-refractivity contribution in [1.29, 1.82) is 0 Å². The van der Waals surface area contributed by atoms with E-state index in [-0.39, 0.29) is 18.2 Å². The summed E-state index contributed by atoms with van der Waals surface area (Å²) in [5.41, 5.74) is 1.39. The molecule has 6 nitrogen and oxygen atoms in total. The van der Waals surface area contributed by atoms with Crippen molar-refractivity contribution in [2.45, 2.75) is 18.6 Å². The van der Waals surface area contributed by atoms with Crippen LogP contribution in [0.25, 0.3) is 0 Å². The summed E-state index contributed by atoms with van der Waals surface area (Å²) >= 11 is 4.67. The highest BCUT2D eigenvalue weighted by Gasteiger charge is 2.35. The van der Waals surface area contributed by atoms with Crippen LogP contribution in [-0.2, 0) is 9.59 Å². The molecule has 0 bridgehead atoms. The van der Waals surface area contributed by atoms with Crippen molar-refractivity contribution in [3.63, 3.8) is 0 Å². The molecule has 3 rings (SSSR count). The van der Waals surface area contributed by atoms with E-state index in [0.29, 0.717) is 23.1 Å². The molecule has 2 amide bonds. The molecule has 2 aromatic rings. The van der Waals surface area contributed by atoms with Gasteiger partial charge < -0.3 is 10.1 Å². The first-order valence-corrected chi connectivity index (χ1v) is 10.4. The number of rotatable bonds is 5. The van der Waals surface area contributed by atoms with Crippen molar-refractivity contribution in [3.05, 3.63) is 53.0 Å². The van der Waals surface area contributed by atoms with E-state index < -0.39 is 5.25 Å². The Balaban J connectivity index is 1.78. The second-order valence-electron chi connectivity index (χ2n) is 6.04. The van der Waals surface area contributed by atoms with E-state index in [1.807, 2.05) is 55.5 Å². The molecule has 1 atom stereocenters. The van der Waals surface area contributed by atoms with Crippen molar-refractivity contribution >= 4 is 56.0 Å². The minimum atomic E-state index is -0.532. The van der Waals surface area contributed by atoms with Crippen LogP contribution in [0.15, 0.2) is 58.0 Å². The van der Waals surface area contributed by atoms with Gasteiger partial charge in [0.15, 0.2) is 5.17 Å². The first kappa shape index (κ1) is 20.4. The molecular formula is C20H20BrN3O3S. The summed E-state index contributed by atoms with van der Waals surface area (Å²) in [7, 11) is 1.60. The van der Waals surface area contributed by atoms with Crippen LogP contribution < -0.4 is 10.1 Å². The van der Waals surface area contributed by atoms with E-state index >= 15 is 0 Å². The van der Waals surface area contributed by atoms with Crippen LogP contribution in [0.1, 0.15) is 13.3 Å². The van der Waals surface area contributed by atoms with E-state index in [4.69, 9.17) is 4.74 Å². The summed E-state index contributed by atoms with van der Waals surface area (Å²) < 4.78 is 6.09. The van der Waals surface area contributed by atoms with E-state index in [1.165, 1.54) is 11.8 Å². The van der Waals surface area contributed by atoms with Gasteiger partial charge in [-0.25, -0.2) is 4.99 Å². The van der Waals surface area contributed by atoms with Crippen LogP contribution in [0.2, 0.25) is 0 Å². The number of carbonyl (C=O) groups excluding carboxylic acids is 2. The highest BCUT2D eigenvalue weighted by Crippen LogP contribution is 2.30. The maximum Gasteiger partial charge on any atom is 0.238 e. The molecule has 1 N–H and O–H groups in total. The highest BCUT2D eigenvalue weighted by atomic mass is 79.9. The predicted octanol–water partition coefficient (Wildman–Crippen LogP) is 4.44. The molecule has 0 spiro atoms. The zero-order valence-corrected chi connectivity index (χ0v) is 17.9. The van der Waals surface area contributed by atoms with E-state index in [9.17, 15) is 9.59 Å². The molecule has 1 saturated heterocycles. The van der Waals surface area contributed by atoms with E-state index in [1.54, 1.807) is 12.0 Å². The van der Waals surface area contributed by atoms with Gasteiger partial charge in [-0.1, -0.05) is 27.7 Å². The molecule has 0 aromatic heterocycles. The van der Waals surface area contributed by atoms with Crippen molar-refractivity contribution in [1.82, 2.24) is 4.90 Å². The van der Waals surface area contributed by atoms with Gasteiger partial charge in [0.2, 0.25) is 11.8 Å². The summed E-state index contributed by atoms with van der Waals surface area (Å²) in [6.45, 7) is 2.39. The number of nitrogens with one attached hydrogen (secondary N) is 1. The quantitative estimate of drug-likeness (QED) is 0.714. The van der Waals surface area contributed by atoms with Gasteiger partial charge in [-0.3, -0.25) is 14.5 Å². The fourth-order valence-corrected chi connectivity index (χ4v) is 4.10. The number of nitrogens with zero attached hydrogens (tertiary/aromatic N) is 2. The van der Waals surface area contributed by atoms with Gasteiger partial charge in [-0.15, -0.1) is 0 Å². The zero-order chi connectivity index (χ0) is 20.1. The van der Waals surface area contributed by atoms with Crippen LogP contribution in [0.5, 0.6) is 5.75 Å². The maximum atomic E-state index is 12.7. The fourth-order valence-electron chi connectivity index (χ4n) is 2.68. The number of carbonyl (C=O) groups is 2. The van der Waals surface area contributed by atoms with Crippen molar-refractivity contribution in [2.75, 3.05) is 19.0 Å². The highest BCUT2D eigenvalue weighted by molar-refractivity contribution is 9.10. The molecule has 0 radical (unpaired) electrons. The van der Waals surface area contributed by atoms with Gasteiger partial charge >= 0.3 is 0 Å². The van der Waals surface area contributed by atoms with Gasteiger partial charge in [0, 0.05) is 23.1 Å². The lowest BCUT2D eigenvalue weighted by molar-refractivity contribution is -0.129. The van der Waals surface area contributed by atoms with Gasteiger partial charge in [0.05, 0.1) is 12.8 Å². The number of benzene rings is 2. The Morgan fingerprint density at radius 2 is 1.93 bits per heavy atom. The molecule has 2 aromatic carbocycles. The first-order valence-electron chi connectivity index (χ1n) is 8.76. The lowest BCUT2D eigenvalue weighted by Crippen LogP contribution is -2.45. The second-order valence-corrected chi connectivity index (χ2v) is 8.12. The Kier molecular flexibility index (Phi) is 6.74. The number of ether oxygens (including phenoxy) is 1. The van der Waals surface area contributed by atoms with Crippen molar-refractivity contribution in [2.24, 2.45) is 4.99 Å². The lowest BCUT2D eigenvalue weighted by atomic mass is 10.2. The smallest absolute Gasteiger partial charge is 0.238 e.